The van der Waals surface area contributed by atoms with E-state index in [-0.39, 0.29) is 18.4 Å². The molecule has 1 fully saturated rings. The Balaban J connectivity index is 1.73. The van der Waals surface area contributed by atoms with Gasteiger partial charge in [-0.1, -0.05) is 13.8 Å². The Hall–Kier alpha value is -2.57. The van der Waals surface area contributed by atoms with Crippen molar-refractivity contribution in [1.82, 2.24) is 0 Å². The maximum Gasteiger partial charge on any atom is 0.307 e. The van der Waals surface area contributed by atoms with Crippen LogP contribution >= 0.6 is 0 Å². The summed E-state index contributed by atoms with van der Waals surface area (Å²) in [5, 5.41) is 14.5. The standard InChI is InChI=1S/C15H16N2O5/c1-15(2)11(12(15)14(20)21)13(19)16-7-3-4-8-9(5-7)22-6-10(18)17-8/h3-5,11-12H,6H2,1-2H3,(H,16,19)(H,17,18)(H,20,21)/t11-,12+/m0/s1. The van der Waals surface area contributed by atoms with Crippen molar-refractivity contribution in [2.45, 2.75) is 13.8 Å². The van der Waals surface area contributed by atoms with Gasteiger partial charge in [-0.05, 0) is 17.5 Å². The number of carboxylic acid groups (broad SMARTS) is 1. The number of nitrogens with one attached hydrogen (secondary N) is 2. The highest BCUT2D eigenvalue weighted by molar-refractivity contribution is 6.01. The van der Waals surface area contributed by atoms with Crippen molar-refractivity contribution in [3.8, 4) is 5.75 Å². The first-order valence-electron chi connectivity index (χ1n) is 6.91. The average molecular weight is 304 g/mol. The lowest BCUT2D eigenvalue weighted by Gasteiger charge is -2.18. The van der Waals surface area contributed by atoms with Crippen LogP contribution in [-0.4, -0.2) is 29.5 Å². The molecular weight excluding hydrogens is 288 g/mol. The van der Waals surface area contributed by atoms with E-state index in [1.807, 2.05) is 0 Å². The minimum atomic E-state index is -0.957. The third kappa shape index (κ3) is 2.28. The van der Waals surface area contributed by atoms with Gasteiger partial charge in [0, 0.05) is 11.8 Å². The molecule has 0 saturated heterocycles. The number of amides is 2. The largest absolute Gasteiger partial charge is 0.482 e. The fourth-order valence-corrected chi connectivity index (χ4v) is 2.96. The topological polar surface area (TPSA) is 105 Å². The number of rotatable bonds is 3. The van der Waals surface area contributed by atoms with Crippen LogP contribution in [-0.2, 0) is 14.4 Å². The molecule has 1 aliphatic carbocycles. The Bertz CT molecular complexity index is 683. The maximum atomic E-state index is 12.2. The molecule has 3 N–H and O–H groups in total. The van der Waals surface area contributed by atoms with E-state index in [2.05, 4.69) is 10.6 Å². The number of fused-ring (bicyclic) bond motifs is 1. The van der Waals surface area contributed by atoms with Crippen LogP contribution in [0.4, 0.5) is 11.4 Å². The average Bonchev–Trinajstić information content (AvgIpc) is 3.02. The molecule has 116 valence electrons. The molecule has 7 heteroatoms. The molecule has 1 heterocycles. The zero-order valence-electron chi connectivity index (χ0n) is 12.2. The van der Waals surface area contributed by atoms with Gasteiger partial charge in [0.2, 0.25) is 5.91 Å². The van der Waals surface area contributed by atoms with Crippen molar-refractivity contribution < 1.29 is 24.2 Å². The second kappa shape index (κ2) is 4.72. The fourth-order valence-electron chi connectivity index (χ4n) is 2.96. The number of aliphatic carboxylic acids is 1. The smallest absolute Gasteiger partial charge is 0.307 e. The van der Waals surface area contributed by atoms with Gasteiger partial charge in [0.15, 0.2) is 6.61 Å². The van der Waals surface area contributed by atoms with Crippen molar-refractivity contribution in [2.75, 3.05) is 17.2 Å². The predicted octanol–water partition coefficient (Wildman–Crippen LogP) is 1.31. The van der Waals surface area contributed by atoms with Gasteiger partial charge in [0.1, 0.15) is 5.75 Å². The molecule has 0 radical (unpaired) electrons. The lowest BCUT2D eigenvalue weighted by atomic mass is 10.1. The number of ether oxygens (including phenoxy) is 1. The molecule has 1 aromatic rings. The summed E-state index contributed by atoms with van der Waals surface area (Å²) in [6, 6.07) is 4.88. The van der Waals surface area contributed by atoms with E-state index in [0.717, 1.165) is 0 Å². The second-order valence-corrected chi connectivity index (χ2v) is 6.15. The molecule has 3 rings (SSSR count). The van der Waals surface area contributed by atoms with Gasteiger partial charge < -0.3 is 20.5 Å². The van der Waals surface area contributed by atoms with Crippen molar-refractivity contribution in [1.29, 1.82) is 0 Å². The highest BCUT2D eigenvalue weighted by atomic mass is 16.5. The van der Waals surface area contributed by atoms with E-state index in [1.165, 1.54) is 0 Å². The van der Waals surface area contributed by atoms with E-state index in [9.17, 15) is 14.4 Å². The molecule has 1 saturated carbocycles. The summed E-state index contributed by atoms with van der Waals surface area (Å²) in [6.07, 6.45) is 0. The summed E-state index contributed by atoms with van der Waals surface area (Å²) in [5.74, 6) is -2.25. The van der Waals surface area contributed by atoms with Crippen molar-refractivity contribution in [3.63, 3.8) is 0 Å². The minimum Gasteiger partial charge on any atom is -0.482 e. The van der Waals surface area contributed by atoms with Crippen LogP contribution in [0.2, 0.25) is 0 Å². The molecule has 1 aromatic carbocycles. The van der Waals surface area contributed by atoms with Gasteiger partial charge >= 0.3 is 5.97 Å². The van der Waals surface area contributed by atoms with Crippen LogP contribution in [0, 0.1) is 17.3 Å². The van der Waals surface area contributed by atoms with Crippen LogP contribution < -0.4 is 15.4 Å². The third-order valence-electron chi connectivity index (χ3n) is 4.26. The molecular formula is C15H16N2O5. The zero-order chi connectivity index (χ0) is 16.1. The number of carbonyl (C=O) groups is 3. The van der Waals surface area contributed by atoms with E-state index >= 15 is 0 Å². The Kier molecular flexibility index (Phi) is 3.09. The first-order valence-corrected chi connectivity index (χ1v) is 6.91. The second-order valence-electron chi connectivity index (χ2n) is 6.15. The summed E-state index contributed by atoms with van der Waals surface area (Å²) >= 11 is 0. The van der Waals surface area contributed by atoms with Gasteiger partial charge in [-0.15, -0.1) is 0 Å². The first kappa shape index (κ1) is 14.4. The molecule has 2 atom stereocenters. The van der Waals surface area contributed by atoms with Gasteiger partial charge in [-0.25, -0.2) is 0 Å². The summed E-state index contributed by atoms with van der Waals surface area (Å²) in [7, 11) is 0. The van der Waals surface area contributed by atoms with Crippen LogP contribution in [0.1, 0.15) is 13.8 Å². The Labute approximate surface area is 126 Å². The highest BCUT2D eigenvalue weighted by Crippen LogP contribution is 2.58. The minimum absolute atomic E-state index is 0.0683. The van der Waals surface area contributed by atoms with Gasteiger partial charge in [-0.2, -0.15) is 0 Å². The molecule has 7 nitrogen and oxygen atoms in total. The van der Waals surface area contributed by atoms with E-state index < -0.39 is 23.2 Å². The zero-order valence-corrected chi connectivity index (χ0v) is 12.2. The molecule has 0 spiro atoms. The normalized spacial score (nSPS) is 24.5. The first-order chi connectivity index (χ1) is 10.3. The fraction of sp³-hybridized carbons (Fsp3) is 0.400. The van der Waals surface area contributed by atoms with Gasteiger partial charge in [0.25, 0.3) is 5.91 Å². The van der Waals surface area contributed by atoms with Crippen LogP contribution in [0.3, 0.4) is 0 Å². The predicted molar refractivity (Wildman–Crippen MR) is 77.6 cm³/mol. The molecule has 1 aliphatic heterocycles. The Morgan fingerprint density at radius 1 is 1.36 bits per heavy atom. The van der Waals surface area contributed by atoms with E-state index in [0.29, 0.717) is 17.1 Å². The molecule has 0 unspecified atom stereocenters. The van der Waals surface area contributed by atoms with Crippen molar-refractivity contribution in [3.05, 3.63) is 18.2 Å². The summed E-state index contributed by atoms with van der Waals surface area (Å²) in [6.45, 7) is 3.46. The number of anilines is 2. The quantitative estimate of drug-likeness (QED) is 0.781. The monoisotopic (exact) mass is 304 g/mol. The van der Waals surface area contributed by atoms with Crippen molar-refractivity contribution >= 4 is 29.2 Å². The highest BCUT2D eigenvalue weighted by Gasteiger charge is 2.65. The Morgan fingerprint density at radius 3 is 2.73 bits per heavy atom. The third-order valence-corrected chi connectivity index (χ3v) is 4.26. The summed E-state index contributed by atoms with van der Waals surface area (Å²) in [5.41, 5.74) is 0.505. The van der Waals surface area contributed by atoms with E-state index in [1.54, 1.807) is 32.0 Å². The maximum absolute atomic E-state index is 12.2. The number of benzene rings is 1. The Morgan fingerprint density at radius 2 is 2.09 bits per heavy atom. The van der Waals surface area contributed by atoms with Crippen LogP contribution in [0.25, 0.3) is 0 Å². The lowest BCUT2D eigenvalue weighted by molar-refractivity contribution is -0.140. The number of carboxylic acids is 1. The van der Waals surface area contributed by atoms with Crippen LogP contribution in [0.5, 0.6) is 5.75 Å². The molecule has 22 heavy (non-hydrogen) atoms. The van der Waals surface area contributed by atoms with Crippen molar-refractivity contribution in [2.24, 2.45) is 17.3 Å². The molecule has 2 amide bonds. The summed E-state index contributed by atoms with van der Waals surface area (Å²) in [4.78, 5) is 34.6. The number of hydrogen-bond acceptors (Lipinski definition) is 4. The molecule has 0 bridgehead atoms. The van der Waals surface area contributed by atoms with Gasteiger partial charge in [-0.3, -0.25) is 14.4 Å². The lowest BCUT2D eigenvalue weighted by Crippen LogP contribution is -2.25. The molecule has 0 aromatic heterocycles. The number of hydrogen-bond donors (Lipinski definition) is 3. The summed E-state index contributed by atoms with van der Waals surface area (Å²) < 4.78 is 5.28. The number of carbonyl (C=O) groups excluding carboxylic acids is 2. The van der Waals surface area contributed by atoms with Gasteiger partial charge in [0.05, 0.1) is 17.5 Å². The molecule has 2 aliphatic rings. The SMILES string of the molecule is CC1(C)[C@H](C(=O)Nc2ccc3c(c2)OCC(=O)N3)[C@@H]1C(=O)O. The van der Waals surface area contributed by atoms with Crippen LogP contribution in [0.15, 0.2) is 18.2 Å². The van der Waals surface area contributed by atoms with E-state index in [4.69, 9.17) is 9.84 Å².